The minimum atomic E-state index is -0.638. The van der Waals surface area contributed by atoms with Gasteiger partial charge in [-0.05, 0) is 56.6 Å². The summed E-state index contributed by atoms with van der Waals surface area (Å²) in [6.07, 6.45) is 7.86. The van der Waals surface area contributed by atoms with E-state index in [4.69, 9.17) is 11.5 Å². The summed E-state index contributed by atoms with van der Waals surface area (Å²) in [6.45, 7) is 2.89. The van der Waals surface area contributed by atoms with E-state index < -0.39 is 18.5 Å². The Hall–Kier alpha value is -1.00. The van der Waals surface area contributed by atoms with Crippen molar-refractivity contribution in [1.82, 2.24) is 16.0 Å². The average molecular weight is 457 g/mol. The molecule has 0 spiro atoms. The molecule has 2 aliphatic carbocycles. The van der Waals surface area contributed by atoms with Crippen LogP contribution in [0.2, 0.25) is 0 Å². The van der Waals surface area contributed by atoms with Crippen molar-refractivity contribution in [3.8, 4) is 0 Å². The second kappa shape index (κ2) is 9.67. The predicted octanol–water partition coefficient (Wildman–Crippen LogP) is 1.65. The predicted molar refractivity (Wildman–Crippen MR) is 114 cm³/mol. The fourth-order valence-corrected chi connectivity index (χ4v) is 5.17. The standard InChI is InChI=1S/C19H33BrN6O2/c1-2-14-17(18(21)25-19(22)24-14)12-5-8-15(16(9-12)26(27)28)23-10-11-3-6-13(20)7-4-11/h5,11,13,15-16,18-19,23-25H,2-4,6-10,21-22H2,1H3. The van der Waals surface area contributed by atoms with Gasteiger partial charge in [0.15, 0.2) is 0 Å². The van der Waals surface area contributed by atoms with Gasteiger partial charge in [0, 0.05) is 27.4 Å². The normalized spacial score (nSPS) is 36.6. The average Bonchev–Trinajstić information content (AvgIpc) is 2.67. The van der Waals surface area contributed by atoms with Crippen LogP contribution in [0.4, 0.5) is 0 Å². The third-order valence-corrected chi connectivity index (χ3v) is 7.17. The highest BCUT2D eigenvalue weighted by Crippen LogP contribution is 2.32. The molecule has 4 unspecified atom stereocenters. The van der Waals surface area contributed by atoms with E-state index >= 15 is 0 Å². The molecule has 0 aromatic rings. The van der Waals surface area contributed by atoms with Crippen molar-refractivity contribution in [3.05, 3.63) is 33.0 Å². The van der Waals surface area contributed by atoms with E-state index in [2.05, 4.69) is 38.0 Å². The third-order valence-electron chi connectivity index (χ3n) is 6.25. The summed E-state index contributed by atoms with van der Waals surface area (Å²) in [4.78, 5) is 12.3. The van der Waals surface area contributed by atoms with E-state index in [0.717, 1.165) is 29.8 Å². The van der Waals surface area contributed by atoms with E-state index in [1.165, 1.54) is 25.7 Å². The molecule has 0 radical (unpaired) electrons. The molecule has 1 aliphatic heterocycles. The first kappa shape index (κ1) is 21.7. The molecular formula is C19H33BrN6O2. The van der Waals surface area contributed by atoms with Gasteiger partial charge in [0.25, 0.3) is 0 Å². The van der Waals surface area contributed by atoms with Crippen molar-refractivity contribution in [2.45, 2.75) is 81.2 Å². The number of nitro groups is 1. The quantitative estimate of drug-likeness (QED) is 0.233. The highest BCUT2D eigenvalue weighted by molar-refractivity contribution is 9.09. The molecule has 28 heavy (non-hydrogen) atoms. The fourth-order valence-electron chi connectivity index (χ4n) is 4.64. The van der Waals surface area contributed by atoms with Crippen LogP contribution < -0.4 is 27.4 Å². The zero-order valence-electron chi connectivity index (χ0n) is 16.5. The van der Waals surface area contributed by atoms with Crippen molar-refractivity contribution < 1.29 is 4.92 Å². The molecule has 9 heteroatoms. The minimum Gasteiger partial charge on any atom is -0.361 e. The van der Waals surface area contributed by atoms with E-state index in [1.807, 2.05) is 6.92 Å². The Labute approximate surface area is 175 Å². The molecule has 3 aliphatic rings. The van der Waals surface area contributed by atoms with Crippen LogP contribution in [0.1, 0.15) is 51.9 Å². The monoisotopic (exact) mass is 456 g/mol. The lowest BCUT2D eigenvalue weighted by Gasteiger charge is -2.36. The molecule has 1 heterocycles. The first-order valence-electron chi connectivity index (χ1n) is 10.4. The molecule has 158 valence electrons. The lowest BCUT2D eigenvalue weighted by molar-refractivity contribution is -0.527. The van der Waals surface area contributed by atoms with Crippen LogP contribution in [0.25, 0.3) is 0 Å². The maximum Gasteiger partial charge on any atom is 0.232 e. The molecule has 8 nitrogen and oxygen atoms in total. The van der Waals surface area contributed by atoms with Crippen LogP contribution in [0.3, 0.4) is 0 Å². The molecule has 1 saturated carbocycles. The van der Waals surface area contributed by atoms with Crippen molar-refractivity contribution >= 4 is 15.9 Å². The van der Waals surface area contributed by atoms with Crippen LogP contribution in [0.15, 0.2) is 22.9 Å². The Bertz CT molecular complexity index is 632. The van der Waals surface area contributed by atoms with E-state index in [0.29, 0.717) is 23.6 Å². The van der Waals surface area contributed by atoms with Gasteiger partial charge in [0.1, 0.15) is 6.29 Å². The molecule has 4 atom stereocenters. The van der Waals surface area contributed by atoms with Crippen LogP contribution in [0, 0.1) is 16.0 Å². The number of nitrogens with one attached hydrogen (secondary N) is 3. The Morgan fingerprint density at radius 1 is 1.32 bits per heavy atom. The SMILES string of the molecule is CCC1=C(C2=CCC(NCC3CCC(Br)CC3)C([N+](=O)[O-])C2)C(N)NC(N)N1. The van der Waals surface area contributed by atoms with Crippen LogP contribution in [-0.4, -0.2) is 40.8 Å². The van der Waals surface area contributed by atoms with Gasteiger partial charge in [-0.2, -0.15) is 0 Å². The lowest BCUT2D eigenvalue weighted by atomic mass is 9.83. The highest BCUT2D eigenvalue weighted by atomic mass is 79.9. The third kappa shape index (κ3) is 5.13. The summed E-state index contributed by atoms with van der Waals surface area (Å²) < 4.78 is 0. The molecule has 0 saturated heterocycles. The minimum absolute atomic E-state index is 0.130. The highest BCUT2D eigenvalue weighted by Gasteiger charge is 2.38. The maximum atomic E-state index is 11.8. The van der Waals surface area contributed by atoms with Gasteiger partial charge in [-0.15, -0.1) is 0 Å². The number of nitrogens with two attached hydrogens (primary N) is 2. The Morgan fingerprint density at radius 2 is 2.04 bits per heavy atom. The van der Waals surface area contributed by atoms with Gasteiger partial charge < -0.3 is 16.4 Å². The van der Waals surface area contributed by atoms with Crippen molar-refractivity contribution in [1.29, 1.82) is 0 Å². The second-order valence-electron chi connectivity index (χ2n) is 8.17. The fraction of sp³-hybridized carbons (Fsp3) is 0.789. The zero-order valence-corrected chi connectivity index (χ0v) is 18.1. The number of hydrogen-bond donors (Lipinski definition) is 5. The van der Waals surface area contributed by atoms with E-state index in [-0.39, 0.29) is 11.0 Å². The van der Waals surface area contributed by atoms with E-state index in [9.17, 15) is 10.1 Å². The Kier molecular flexibility index (Phi) is 7.49. The van der Waals surface area contributed by atoms with Crippen molar-refractivity contribution in [2.24, 2.45) is 17.4 Å². The molecule has 0 bridgehead atoms. The summed E-state index contributed by atoms with van der Waals surface area (Å²) in [6, 6.07) is -0.768. The second-order valence-corrected chi connectivity index (χ2v) is 9.46. The largest absolute Gasteiger partial charge is 0.361 e. The summed E-state index contributed by atoms with van der Waals surface area (Å²) in [5.41, 5.74) is 15.1. The van der Waals surface area contributed by atoms with Crippen LogP contribution >= 0.6 is 15.9 Å². The number of alkyl halides is 1. The Balaban J connectivity index is 1.69. The zero-order chi connectivity index (χ0) is 20.3. The summed E-state index contributed by atoms with van der Waals surface area (Å²) >= 11 is 3.69. The van der Waals surface area contributed by atoms with Gasteiger partial charge in [-0.25, -0.2) is 0 Å². The number of hydrogen-bond acceptors (Lipinski definition) is 7. The number of allylic oxidation sites excluding steroid dienone is 1. The molecule has 3 rings (SSSR count). The van der Waals surface area contributed by atoms with Gasteiger partial charge >= 0.3 is 0 Å². The van der Waals surface area contributed by atoms with Crippen molar-refractivity contribution in [3.63, 3.8) is 0 Å². The Morgan fingerprint density at radius 3 is 2.68 bits per heavy atom. The first-order valence-corrected chi connectivity index (χ1v) is 11.3. The van der Waals surface area contributed by atoms with Gasteiger partial charge in [0.2, 0.25) is 6.04 Å². The summed E-state index contributed by atoms with van der Waals surface area (Å²) in [5, 5.41) is 21.6. The molecule has 0 aromatic heterocycles. The number of nitrogens with zero attached hydrogens (tertiary/aromatic N) is 1. The van der Waals surface area contributed by atoms with Gasteiger partial charge in [0.05, 0.1) is 12.2 Å². The topological polar surface area (TPSA) is 131 Å². The van der Waals surface area contributed by atoms with Crippen LogP contribution in [-0.2, 0) is 0 Å². The van der Waals surface area contributed by atoms with Crippen LogP contribution in [0.5, 0.6) is 0 Å². The molecular weight excluding hydrogens is 424 g/mol. The number of rotatable bonds is 6. The summed E-state index contributed by atoms with van der Waals surface area (Å²) in [5.74, 6) is 0.614. The first-order chi connectivity index (χ1) is 13.4. The van der Waals surface area contributed by atoms with E-state index in [1.54, 1.807) is 0 Å². The smallest absolute Gasteiger partial charge is 0.232 e. The van der Waals surface area contributed by atoms with Crippen molar-refractivity contribution in [2.75, 3.05) is 6.54 Å². The molecule has 0 amide bonds. The maximum absolute atomic E-state index is 11.8. The molecule has 1 fully saturated rings. The number of halogens is 1. The molecule has 7 N–H and O–H groups in total. The lowest BCUT2D eigenvalue weighted by Crippen LogP contribution is -2.61. The molecule has 0 aromatic carbocycles. The summed E-state index contributed by atoms with van der Waals surface area (Å²) in [7, 11) is 0. The van der Waals surface area contributed by atoms with Gasteiger partial charge in [-0.3, -0.25) is 21.2 Å². The van der Waals surface area contributed by atoms with Gasteiger partial charge in [-0.1, -0.05) is 28.9 Å².